The van der Waals surface area contributed by atoms with Gasteiger partial charge >= 0.3 is 0 Å². The standard InChI is InChI=1S/C17H16Cl2N2OS/c1-12(23-11-13-5-3-2-4-6-13)17(22)21-20-10-14-7-8-15(18)16(19)9-14/h2-10,12H,11H2,1H3,(H,21,22)/b20-10+. The van der Waals surface area contributed by atoms with E-state index in [2.05, 4.69) is 10.5 Å². The van der Waals surface area contributed by atoms with Crippen LogP contribution in [0.2, 0.25) is 10.0 Å². The number of nitrogens with one attached hydrogen (secondary N) is 1. The van der Waals surface area contributed by atoms with E-state index >= 15 is 0 Å². The van der Waals surface area contributed by atoms with E-state index in [9.17, 15) is 4.79 Å². The van der Waals surface area contributed by atoms with Crippen molar-refractivity contribution in [3.63, 3.8) is 0 Å². The largest absolute Gasteiger partial charge is 0.272 e. The smallest absolute Gasteiger partial charge is 0.252 e. The van der Waals surface area contributed by atoms with Crippen LogP contribution in [0.1, 0.15) is 18.1 Å². The third-order valence-electron chi connectivity index (χ3n) is 3.04. The van der Waals surface area contributed by atoms with Gasteiger partial charge in [0.05, 0.1) is 21.5 Å². The highest BCUT2D eigenvalue weighted by Crippen LogP contribution is 2.21. The molecule has 1 N–H and O–H groups in total. The molecule has 23 heavy (non-hydrogen) atoms. The van der Waals surface area contributed by atoms with Crippen LogP contribution in [0.5, 0.6) is 0 Å². The molecule has 0 heterocycles. The van der Waals surface area contributed by atoms with E-state index in [1.807, 2.05) is 37.3 Å². The zero-order valence-corrected chi connectivity index (χ0v) is 14.8. The summed E-state index contributed by atoms with van der Waals surface area (Å²) in [6.45, 7) is 1.86. The number of hydrogen-bond donors (Lipinski definition) is 1. The summed E-state index contributed by atoms with van der Waals surface area (Å²) in [4.78, 5) is 12.0. The van der Waals surface area contributed by atoms with E-state index in [-0.39, 0.29) is 11.2 Å². The molecule has 2 rings (SSSR count). The molecule has 0 aliphatic heterocycles. The van der Waals surface area contributed by atoms with Crippen LogP contribution in [0.4, 0.5) is 0 Å². The van der Waals surface area contributed by atoms with Gasteiger partial charge in [0.25, 0.3) is 5.91 Å². The first-order valence-electron chi connectivity index (χ1n) is 7.00. The molecule has 1 amide bonds. The zero-order valence-electron chi connectivity index (χ0n) is 12.5. The summed E-state index contributed by atoms with van der Waals surface area (Å²) in [7, 11) is 0. The molecule has 0 spiro atoms. The first kappa shape index (κ1) is 17.9. The summed E-state index contributed by atoms with van der Waals surface area (Å²) in [5.74, 6) is 0.647. The monoisotopic (exact) mass is 366 g/mol. The van der Waals surface area contributed by atoms with Gasteiger partial charge in [-0.05, 0) is 30.2 Å². The predicted molar refractivity (Wildman–Crippen MR) is 99.4 cm³/mol. The number of hydrogen-bond acceptors (Lipinski definition) is 3. The topological polar surface area (TPSA) is 41.5 Å². The van der Waals surface area contributed by atoms with Crippen LogP contribution in [0.25, 0.3) is 0 Å². The number of amides is 1. The quantitative estimate of drug-likeness (QED) is 0.591. The lowest BCUT2D eigenvalue weighted by atomic mass is 10.2. The fraction of sp³-hybridized carbons (Fsp3) is 0.176. The molecular formula is C17H16Cl2N2OS. The van der Waals surface area contributed by atoms with Crippen molar-refractivity contribution in [2.24, 2.45) is 5.10 Å². The van der Waals surface area contributed by atoms with Gasteiger partial charge in [-0.2, -0.15) is 5.10 Å². The predicted octanol–water partition coefficient (Wildman–Crippen LogP) is 4.77. The highest BCUT2D eigenvalue weighted by Gasteiger charge is 2.12. The van der Waals surface area contributed by atoms with Crippen molar-refractivity contribution in [3.05, 3.63) is 69.7 Å². The van der Waals surface area contributed by atoms with Crippen molar-refractivity contribution >= 4 is 47.1 Å². The van der Waals surface area contributed by atoms with Gasteiger partial charge < -0.3 is 0 Å². The van der Waals surface area contributed by atoms with E-state index in [1.54, 1.807) is 30.0 Å². The first-order chi connectivity index (χ1) is 11.1. The third kappa shape index (κ3) is 5.90. The van der Waals surface area contributed by atoms with Crippen LogP contribution in [-0.4, -0.2) is 17.4 Å². The summed E-state index contributed by atoms with van der Waals surface area (Å²) < 4.78 is 0. The second-order valence-electron chi connectivity index (χ2n) is 4.85. The number of thioether (sulfide) groups is 1. The van der Waals surface area contributed by atoms with Gasteiger partial charge in [-0.15, -0.1) is 11.8 Å². The summed E-state index contributed by atoms with van der Waals surface area (Å²) in [5.41, 5.74) is 4.49. The van der Waals surface area contributed by atoms with E-state index in [0.29, 0.717) is 10.0 Å². The van der Waals surface area contributed by atoms with E-state index in [4.69, 9.17) is 23.2 Å². The molecule has 3 nitrogen and oxygen atoms in total. The molecule has 0 saturated heterocycles. The summed E-state index contributed by atoms with van der Waals surface area (Å²) >= 11 is 13.3. The first-order valence-corrected chi connectivity index (χ1v) is 8.80. The Morgan fingerprint density at radius 3 is 2.65 bits per heavy atom. The molecule has 1 atom stereocenters. The minimum absolute atomic E-state index is 0.137. The molecule has 0 fully saturated rings. The Morgan fingerprint density at radius 1 is 1.22 bits per heavy atom. The average Bonchev–Trinajstić information content (AvgIpc) is 2.56. The molecule has 2 aromatic rings. The summed E-state index contributed by atoms with van der Waals surface area (Å²) in [6, 6.07) is 15.2. The van der Waals surface area contributed by atoms with Gasteiger partial charge in [-0.3, -0.25) is 4.79 Å². The van der Waals surface area contributed by atoms with Crippen molar-refractivity contribution in [2.45, 2.75) is 17.9 Å². The molecule has 0 aromatic heterocycles. The van der Waals surface area contributed by atoms with Crippen LogP contribution < -0.4 is 5.43 Å². The van der Waals surface area contributed by atoms with Gasteiger partial charge in [0.1, 0.15) is 0 Å². The molecule has 1 unspecified atom stereocenters. The molecule has 6 heteroatoms. The maximum absolute atomic E-state index is 12.0. The van der Waals surface area contributed by atoms with Crippen molar-refractivity contribution in [3.8, 4) is 0 Å². The minimum atomic E-state index is -0.193. The number of benzene rings is 2. The van der Waals surface area contributed by atoms with Crippen molar-refractivity contribution < 1.29 is 4.79 Å². The normalized spacial score (nSPS) is 12.3. The molecule has 0 aliphatic carbocycles. The Bertz CT molecular complexity index is 692. The lowest BCUT2D eigenvalue weighted by Gasteiger charge is -2.09. The van der Waals surface area contributed by atoms with Gasteiger partial charge in [-0.25, -0.2) is 5.43 Å². The number of carbonyl (C=O) groups excluding carboxylic acids is 1. The second kappa shape index (κ2) is 8.96. The Morgan fingerprint density at radius 2 is 1.96 bits per heavy atom. The number of rotatable bonds is 6. The maximum Gasteiger partial charge on any atom is 0.252 e. The molecule has 0 radical (unpaired) electrons. The Labute approximate surface area is 150 Å². The number of carbonyl (C=O) groups is 1. The van der Waals surface area contributed by atoms with E-state index < -0.39 is 0 Å². The number of halogens is 2. The van der Waals surface area contributed by atoms with Gasteiger partial charge in [0.2, 0.25) is 0 Å². The molecule has 0 aliphatic rings. The number of hydrazone groups is 1. The van der Waals surface area contributed by atoms with Crippen molar-refractivity contribution in [1.29, 1.82) is 0 Å². The molecule has 120 valence electrons. The highest BCUT2D eigenvalue weighted by molar-refractivity contribution is 7.99. The highest BCUT2D eigenvalue weighted by atomic mass is 35.5. The fourth-order valence-corrected chi connectivity index (χ4v) is 2.87. The van der Waals surface area contributed by atoms with Crippen LogP contribution in [0, 0.1) is 0 Å². The van der Waals surface area contributed by atoms with Crippen LogP contribution in [-0.2, 0) is 10.5 Å². The van der Waals surface area contributed by atoms with Crippen LogP contribution >= 0.6 is 35.0 Å². The van der Waals surface area contributed by atoms with Crippen LogP contribution in [0.3, 0.4) is 0 Å². The Balaban J connectivity index is 1.81. The van der Waals surface area contributed by atoms with Gasteiger partial charge in [0.15, 0.2) is 0 Å². The second-order valence-corrected chi connectivity index (χ2v) is 6.99. The Hall–Kier alpha value is -1.49. The summed E-state index contributed by atoms with van der Waals surface area (Å²) in [6.07, 6.45) is 1.54. The molecule has 0 saturated carbocycles. The van der Waals surface area contributed by atoms with Crippen molar-refractivity contribution in [2.75, 3.05) is 0 Å². The lowest BCUT2D eigenvalue weighted by molar-refractivity contribution is -0.120. The molecule has 0 bridgehead atoms. The fourth-order valence-electron chi connectivity index (χ4n) is 1.73. The van der Waals surface area contributed by atoms with Gasteiger partial charge in [0, 0.05) is 5.75 Å². The third-order valence-corrected chi connectivity index (χ3v) is 5.00. The molecule has 2 aromatic carbocycles. The zero-order chi connectivity index (χ0) is 16.7. The number of nitrogens with zero attached hydrogens (tertiary/aromatic N) is 1. The van der Waals surface area contributed by atoms with Gasteiger partial charge in [-0.1, -0.05) is 59.6 Å². The summed E-state index contributed by atoms with van der Waals surface area (Å²) in [5, 5.41) is 4.69. The van der Waals surface area contributed by atoms with E-state index in [0.717, 1.165) is 11.3 Å². The maximum atomic E-state index is 12.0. The van der Waals surface area contributed by atoms with Crippen LogP contribution in [0.15, 0.2) is 53.6 Å². The van der Waals surface area contributed by atoms with Crippen molar-refractivity contribution in [1.82, 2.24) is 5.43 Å². The van der Waals surface area contributed by atoms with E-state index in [1.165, 1.54) is 11.8 Å². The SMILES string of the molecule is CC(SCc1ccccc1)C(=O)N/N=C/c1ccc(Cl)c(Cl)c1. The average molecular weight is 367 g/mol. The Kier molecular flexibility index (Phi) is 6.96. The molecular weight excluding hydrogens is 351 g/mol. The minimum Gasteiger partial charge on any atom is -0.272 e. The lowest BCUT2D eigenvalue weighted by Crippen LogP contribution is -2.26.